The van der Waals surface area contributed by atoms with Gasteiger partial charge in [0.1, 0.15) is 0 Å². The SMILES string of the molecule is CC1(C)CCC(C)(C)c2cc(/C=C/B(O)O)ccc21. The molecule has 1 aromatic carbocycles. The molecule has 2 N–H and O–H groups in total. The van der Waals surface area contributed by atoms with Gasteiger partial charge in [0.05, 0.1) is 0 Å². The standard InChI is InChI=1S/C16H23BO2/c1-15(2)8-9-16(3,4)14-11-12(5-6-13(14)15)7-10-17(18)19/h5-7,10-11,18-19H,8-9H2,1-4H3/b10-7+. The van der Waals surface area contributed by atoms with Gasteiger partial charge in [0, 0.05) is 0 Å². The van der Waals surface area contributed by atoms with Crippen LogP contribution in [0.25, 0.3) is 6.08 Å². The van der Waals surface area contributed by atoms with Gasteiger partial charge in [0.25, 0.3) is 0 Å². The second-order valence-electron chi connectivity index (χ2n) is 6.85. The minimum absolute atomic E-state index is 0.187. The molecular formula is C16H23BO2. The van der Waals surface area contributed by atoms with E-state index in [2.05, 4.69) is 45.9 Å². The van der Waals surface area contributed by atoms with Crippen molar-refractivity contribution in [2.45, 2.75) is 51.4 Å². The van der Waals surface area contributed by atoms with Crippen molar-refractivity contribution in [2.24, 2.45) is 0 Å². The lowest BCUT2D eigenvalue weighted by molar-refractivity contribution is 0.332. The summed E-state index contributed by atoms with van der Waals surface area (Å²) in [5.41, 5.74) is 4.25. The minimum Gasteiger partial charge on any atom is -0.424 e. The average molecular weight is 258 g/mol. The number of hydrogen-bond donors (Lipinski definition) is 2. The van der Waals surface area contributed by atoms with Gasteiger partial charge in [0.2, 0.25) is 0 Å². The van der Waals surface area contributed by atoms with Crippen LogP contribution in [0.4, 0.5) is 0 Å². The largest absolute Gasteiger partial charge is 0.480 e. The first-order valence-electron chi connectivity index (χ1n) is 6.92. The molecule has 19 heavy (non-hydrogen) atoms. The van der Waals surface area contributed by atoms with Gasteiger partial charge in [-0.3, -0.25) is 0 Å². The topological polar surface area (TPSA) is 40.5 Å². The summed E-state index contributed by atoms with van der Waals surface area (Å²) in [4.78, 5) is 0. The summed E-state index contributed by atoms with van der Waals surface area (Å²) in [6.45, 7) is 9.17. The highest BCUT2D eigenvalue weighted by molar-refractivity contribution is 6.48. The molecule has 1 aliphatic rings. The van der Waals surface area contributed by atoms with Crippen LogP contribution in [0.2, 0.25) is 0 Å². The molecule has 3 heteroatoms. The van der Waals surface area contributed by atoms with Crippen molar-refractivity contribution in [1.29, 1.82) is 0 Å². The number of rotatable bonds is 2. The van der Waals surface area contributed by atoms with E-state index in [1.54, 1.807) is 6.08 Å². The van der Waals surface area contributed by atoms with Crippen LogP contribution >= 0.6 is 0 Å². The molecular weight excluding hydrogens is 235 g/mol. The van der Waals surface area contributed by atoms with Gasteiger partial charge in [0.15, 0.2) is 0 Å². The molecule has 2 rings (SSSR count). The second-order valence-corrected chi connectivity index (χ2v) is 6.85. The van der Waals surface area contributed by atoms with E-state index in [9.17, 15) is 0 Å². The molecule has 0 aromatic heterocycles. The summed E-state index contributed by atoms with van der Waals surface area (Å²) in [5, 5.41) is 17.8. The Kier molecular flexibility index (Phi) is 3.63. The molecule has 0 atom stereocenters. The van der Waals surface area contributed by atoms with Crippen molar-refractivity contribution < 1.29 is 10.0 Å². The fourth-order valence-electron chi connectivity index (χ4n) is 2.91. The molecule has 0 spiro atoms. The highest BCUT2D eigenvalue weighted by Crippen LogP contribution is 2.45. The Balaban J connectivity index is 2.47. The van der Waals surface area contributed by atoms with E-state index in [1.165, 1.54) is 29.9 Å². The molecule has 0 radical (unpaired) electrons. The first-order chi connectivity index (χ1) is 8.72. The Hall–Kier alpha value is -1.06. The predicted molar refractivity (Wildman–Crippen MR) is 81.0 cm³/mol. The third-order valence-electron chi connectivity index (χ3n) is 4.34. The fraction of sp³-hybridized carbons (Fsp3) is 0.500. The zero-order chi connectivity index (χ0) is 14.3. The van der Waals surface area contributed by atoms with E-state index in [1.807, 2.05) is 0 Å². The molecule has 0 unspecified atom stereocenters. The monoisotopic (exact) mass is 258 g/mol. The molecule has 1 aromatic rings. The molecule has 0 aliphatic heterocycles. The number of fused-ring (bicyclic) bond motifs is 1. The van der Waals surface area contributed by atoms with Crippen LogP contribution in [-0.2, 0) is 10.8 Å². The lowest BCUT2D eigenvalue weighted by atomic mass is 9.63. The maximum atomic E-state index is 8.91. The minimum atomic E-state index is -1.39. The Morgan fingerprint density at radius 2 is 1.58 bits per heavy atom. The normalized spacial score (nSPS) is 20.3. The van der Waals surface area contributed by atoms with Crippen molar-refractivity contribution in [3.63, 3.8) is 0 Å². The first-order valence-corrected chi connectivity index (χ1v) is 6.92. The average Bonchev–Trinajstić information content (AvgIpc) is 2.32. The summed E-state index contributed by atoms with van der Waals surface area (Å²) in [6, 6.07) is 6.44. The Labute approximate surface area is 116 Å². The summed E-state index contributed by atoms with van der Waals surface area (Å²) >= 11 is 0. The van der Waals surface area contributed by atoms with Crippen LogP contribution in [0.3, 0.4) is 0 Å². The van der Waals surface area contributed by atoms with Gasteiger partial charge in [-0.25, -0.2) is 0 Å². The summed E-state index contributed by atoms with van der Waals surface area (Å²) in [7, 11) is -1.39. The van der Waals surface area contributed by atoms with Crippen LogP contribution in [0.1, 0.15) is 57.2 Å². The molecule has 2 nitrogen and oxygen atoms in total. The van der Waals surface area contributed by atoms with Crippen LogP contribution < -0.4 is 0 Å². The zero-order valence-electron chi connectivity index (χ0n) is 12.3. The third-order valence-corrected chi connectivity index (χ3v) is 4.34. The van der Waals surface area contributed by atoms with E-state index in [0.717, 1.165) is 5.56 Å². The summed E-state index contributed by atoms with van der Waals surface area (Å²) in [5.74, 6) is 1.39. The Morgan fingerprint density at radius 1 is 1.00 bits per heavy atom. The highest BCUT2D eigenvalue weighted by Gasteiger charge is 2.36. The summed E-state index contributed by atoms with van der Waals surface area (Å²) in [6.07, 6.45) is 4.16. The van der Waals surface area contributed by atoms with Gasteiger partial charge in [-0.2, -0.15) is 0 Å². The van der Waals surface area contributed by atoms with E-state index < -0.39 is 7.12 Å². The molecule has 0 amide bonds. The quantitative estimate of drug-likeness (QED) is 0.800. The van der Waals surface area contributed by atoms with Crippen LogP contribution in [0.5, 0.6) is 0 Å². The molecule has 0 heterocycles. The van der Waals surface area contributed by atoms with E-state index >= 15 is 0 Å². The molecule has 0 saturated carbocycles. The van der Waals surface area contributed by atoms with Gasteiger partial charge in [-0.05, 0) is 40.4 Å². The highest BCUT2D eigenvalue weighted by atomic mass is 16.4. The zero-order valence-corrected chi connectivity index (χ0v) is 12.3. The lowest BCUT2D eigenvalue weighted by Gasteiger charge is -2.42. The fourth-order valence-corrected chi connectivity index (χ4v) is 2.91. The van der Waals surface area contributed by atoms with E-state index in [0.29, 0.717) is 0 Å². The van der Waals surface area contributed by atoms with Gasteiger partial charge < -0.3 is 10.0 Å². The van der Waals surface area contributed by atoms with Crippen molar-refractivity contribution in [1.82, 2.24) is 0 Å². The van der Waals surface area contributed by atoms with E-state index in [-0.39, 0.29) is 10.8 Å². The molecule has 1 aliphatic carbocycles. The molecule has 0 saturated heterocycles. The van der Waals surface area contributed by atoms with Gasteiger partial charge in [-0.15, -0.1) is 0 Å². The maximum Gasteiger partial charge on any atom is 0.480 e. The van der Waals surface area contributed by atoms with Crippen LogP contribution in [-0.4, -0.2) is 17.2 Å². The first kappa shape index (κ1) is 14.4. The van der Waals surface area contributed by atoms with Crippen molar-refractivity contribution >= 4 is 13.2 Å². The van der Waals surface area contributed by atoms with Gasteiger partial charge >= 0.3 is 7.12 Å². The lowest BCUT2D eigenvalue weighted by Crippen LogP contribution is -2.33. The third kappa shape index (κ3) is 2.93. The predicted octanol–water partition coefficient (Wildman–Crippen LogP) is 3.06. The van der Waals surface area contributed by atoms with Crippen LogP contribution in [0.15, 0.2) is 24.2 Å². The van der Waals surface area contributed by atoms with Crippen LogP contribution in [0, 0.1) is 0 Å². The molecule has 0 bridgehead atoms. The van der Waals surface area contributed by atoms with Crippen molar-refractivity contribution in [3.8, 4) is 0 Å². The maximum absolute atomic E-state index is 8.91. The van der Waals surface area contributed by atoms with E-state index in [4.69, 9.17) is 10.0 Å². The smallest absolute Gasteiger partial charge is 0.424 e. The van der Waals surface area contributed by atoms with Crippen molar-refractivity contribution in [2.75, 3.05) is 0 Å². The molecule has 0 fully saturated rings. The number of benzene rings is 1. The Bertz CT molecular complexity index is 501. The summed E-state index contributed by atoms with van der Waals surface area (Å²) < 4.78 is 0. The van der Waals surface area contributed by atoms with Crippen molar-refractivity contribution in [3.05, 3.63) is 40.9 Å². The van der Waals surface area contributed by atoms with Gasteiger partial charge in [-0.1, -0.05) is 57.9 Å². The molecule has 102 valence electrons. The second kappa shape index (κ2) is 4.80. The number of hydrogen-bond acceptors (Lipinski definition) is 2. The Morgan fingerprint density at radius 3 is 2.16 bits per heavy atom.